The average molecular weight is 423 g/mol. The van der Waals surface area contributed by atoms with Crippen molar-refractivity contribution >= 4 is 34.1 Å². The second-order valence-electron chi connectivity index (χ2n) is 8.79. The van der Waals surface area contributed by atoms with Gasteiger partial charge in [-0.25, -0.2) is 4.39 Å². The second-order valence-corrected chi connectivity index (χ2v) is 9.22. The van der Waals surface area contributed by atoms with E-state index in [9.17, 15) is 9.18 Å². The zero-order chi connectivity index (χ0) is 20.7. The van der Waals surface area contributed by atoms with Gasteiger partial charge in [-0.1, -0.05) is 11.6 Å². The van der Waals surface area contributed by atoms with Crippen molar-refractivity contribution < 1.29 is 9.18 Å². The Morgan fingerprint density at radius 1 is 1.03 bits per heavy atom. The number of benzene rings is 2. The Labute approximate surface area is 180 Å². The van der Waals surface area contributed by atoms with Crippen LogP contribution in [0.5, 0.6) is 0 Å². The number of pyridine rings is 1. The zero-order valence-electron chi connectivity index (χ0n) is 16.7. The predicted molar refractivity (Wildman–Crippen MR) is 118 cm³/mol. The number of amides is 1. The molecule has 0 bridgehead atoms. The van der Waals surface area contributed by atoms with Gasteiger partial charge in [0.15, 0.2) is 0 Å². The van der Waals surface area contributed by atoms with Gasteiger partial charge in [-0.2, -0.15) is 0 Å². The van der Waals surface area contributed by atoms with E-state index in [2.05, 4.69) is 10.3 Å². The molecule has 2 saturated carbocycles. The van der Waals surface area contributed by atoms with Gasteiger partial charge in [0, 0.05) is 28.2 Å². The highest BCUT2D eigenvalue weighted by molar-refractivity contribution is 6.30. The Morgan fingerprint density at radius 2 is 1.77 bits per heavy atom. The number of hydrogen-bond acceptors (Lipinski definition) is 2. The van der Waals surface area contributed by atoms with Crippen molar-refractivity contribution in [3.05, 3.63) is 71.1 Å². The van der Waals surface area contributed by atoms with Crippen LogP contribution in [0.3, 0.4) is 0 Å². The van der Waals surface area contributed by atoms with Crippen LogP contribution in [0, 0.1) is 17.2 Å². The van der Waals surface area contributed by atoms with E-state index in [-0.39, 0.29) is 23.1 Å². The maximum Gasteiger partial charge on any atom is 0.228 e. The molecule has 3 nitrogen and oxygen atoms in total. The maximum atomic E-state index is 13.8. The topological polar surface area (TPSA) is 42.0 Å². The molecule has 0 unspecified atom stereocenters. The van der Waals surface area contributed by atoms with E-state index in [0.717, 1.165) is 55.1 Å². The van der Waals surface area contributed by atoms with Gasteiger partial charge in [0.05, 0.1) is 5.52 Å². The number of nitrogens with zero attached hydrogens (tertiary/aromatic N) is 1. The third-order valence-electron chi connectivity index (χ3n) is 7.26. The quantitative estimate of drug-likeness (QED) is 0.509. The Morgan fingerprint density at radius 3 is 2.47 bits per heavy atom. The molecule has 0 saturated heterocycles. The lowest BCUT2D eigenvalue weighted by Crippen LogP contribution is -2.48. The van der Waals surface area contributed by atoms with Gasteiger partial charge < -0.3 is 5.32 Å². The van der Waals surface area contributed by atoms with Gasteiger partial charge in [0.25, 0.3) is 0 Å². The summed E-state index contributed by atoms with van der Waals surface area (Å²) in [6, 6.07) is 14.1. The molecule has 2 fully saturated rings. The van der Waals surface area contributed by atoms with Gasteiger partial charge in [0.1, 0.15) is 5.82 Å². The highest BCUT2D eigenvalue weighted by atomic mass is 35.5. The number of carbonyl (C=O) groups excluding carboxylic acids is 1. The number of aromatic nitrogens is 1. The Kier molecular flexibility index (Phi) is 4.98. The number of carbonyl (C=O) groups is 1. The molecule has 1 atom stereocenters. The smallest absolute Gasteiger partial charge is 0.228 e. The lowest BCUT2D eigenvalue weighted by Gasteiger charge is -2.52. The van der Waals surface area contributed by atoms with Crippen LogP contribution in [0.4, 0.5) is 10.1 Å². The van der Waals surface area contributed by atoms with Crippen LogP contribution in [0.15, 0.2) is 54.7 Å². The molecule has 0 radical (unpaired) electrons. The average Bonchev–Trinajstić information content (AvgIpc) is 2.74. The third kappa shape index (κ3) is 3.47. The molecule has 0 aliphatic heterocycles. The number of hydrogen-bond donors (Lipinski definition) is 1. The van der Waals surface area contributed by atoms with Crippen molar-refractivity contribution in [2.24, 2.45) is 11.3 Å². The first kappa shape index (κ1) is 19.5. The van der Waals surface area contributed by atoms with Crippen LogP contribution < -0.4 is 5.32 Å². The molecule has 30 heavy (non-hydrogen) atoms. The number of nitrogens with one attached hydrogen (secondary N) is 1. The van der Waals surface area contributed by atoms with Crippen LogP contribution in [-0.4, -0.2) is 10.9 Å². The molecule has 5 rings (SSSR count). The molecule has 3 aromatic rings. The fraction of sp³-hybridized carbons (Fsp3) is 0.360. The minimum absolute atomic E-state index is 0.0701. The Hall–Kier alpha value is -2.46. The Balaban J connectivity index is 1.29. The number of rotatable bonds is 3. The fourth-order valence-corrected chi connectivity index (χ4v) is 5.59. The predicted octanol–water partition coefficient (Wildman–Crippen LogP) is 6.72. The van der Waals surface area contributed by atoms with Crippen molar-refractivity contribution in [1.29, 1.82) is 0 Å². The van der Waals surface area contributed by atoms with E-state index in [1.807, 2.05) is 24.4 Å². The minimum Gasteiger partial charge on any atom is -0.326 e. The number of halogens is 2. The van der Waals surface area contributed by atoms with Crippen LogP contribution >= 0.6 is 11.6 Å². The van der Waals surface area contributed by atoms with E-state index in [4.69, 9.17) is 11.6 Å². The molecule has 1 heterocycles. The first-order valence-electron chi connectivity index (χ1n) is 10.6. The monoisotopic (exact) mass is 422 g/mol. The normalized spacial score (nSPS) is 25.8. The lowest BCUT2D eigenvalue weighted by atomic mass is 9.52. The standard InChI is InChI=1S/C25H24ClFN2O/c26-17-1-4-19(5-2-17)29-24(30)22-9-13-25(22)11-7-16(8-12-25)20-10-14-28-23-6-3-18(27)15-21(20)23/h1-6,10,14-16,22H,7-9,11-13H2,(H,29,30)/t16?,22-,25?/m1/s1. The molecule has 2 aliphatic rings. The summed E-state index contributed by atoms with van der Waals surface area (Å²) in [5, 5.41) is 4.65. The van der Waals surface area contributed by atoms with Gasteiger partial charge >= 0.3 is 0 Å². The Bertz CT molecular complexity index is 1090. The summed E-state index contributed by atoms with van der Waals surface area (Å²) < 4.78 is 13.8. The van der Waals surface area contributed by atoms with Crippen LogP contribution in [0.1, 0.15) is 50.0 Å². The largest absolute Gasteiger partial charge is 0.326 e. The minimum atomic E-state index is -0.220. The van der Waals surface area contributed by atoms with Gasteiger partial charge in [-0.05, 0) is 104 Å². The molecule has 2 aromatic carbocycles. The maximum absolute atomic E-state index is 13.8. The first-order valence-corrected chi connectivity index (χ1v) is 11.0. The summed E-state index contributed by atoms with van der Waals surface area (Å²) >= 11 is 5.94. The summed E-state index contributed by atoms with van der Waals surface area (Å²) in [4.78, 5) is 17.3. The molecule has 1 amide bonds. The summed E-state index contributed by atoms with van der Waals surface area (Å²) in [6.45, 7) is 0. The van der Waals surface area contributed by atoms with Crippen molar-refractivity contribution in [1.82, 2.24) is 4.98 Å². The molecule has 1 spiro atoms. The molecular formula is C25H24ClFN2O. The molecule has 5 heteroatoms. The molecule has 154 valence electrons. The van der Waals surface area contributed by atoms with E-state index >= 15 is 0 Å². The van der Waals surface area contributed by atoms with Crippen LogP contribution in [0.25, 0.3) is 10.9 Å². The fourth-order valence-electron chi connectivity index (χ4n) is 5.47. The number of fused-ring (bicyclic) bond motifs is 1. The van der Waals surface area contributed by atoms with E-state index in [1.54, 1.807) is 24.3 Å². The summed E-state index contributed by atoms with van der Waals surface area (Å²) in [5.41, 5.74) is 2.94. The SMILES string of the molecule is O=C(Nc1ccc(Cl)cc1)[C@H]1CCC12CCC(c1ccnc3ccc(F)cc13)CC2. The van der Waals surface area contributed by atoms with E-state index in [1.165, 1.54) is 11.6 Å². The summed E-state index contributed by atoms with van der Waals surface area (Å²) in [7, 11) is 0. The van der Waals surface area contributed by atoms with Crippen LogP contribution in [-0.2, 0) is 4.79 Å². The lowest BCUT2D eigenvalue weighted by molar-refractivity contribution is -0.133. The molecular weight excluding hydrogens is 399 g/mol. The van der Waals surface area contributed by atoms with Crippen molar-refractivity contribution in [2.75, 3.05) is 5.32 Å². The van der Waals surface area contributed by atoms with Crippen molar-refractivity contribution in [3.8, 4) is 0 Å². The van der Waals surface area contributed by atoms with Gasteiger partial charge in [-0.15, -0.1) is 0 Å². The van der Waals surface area contributed by atoms with Crippen molar-refractivity contribution in [3.63, 3.8) is 0 Å². The molecule has 1 aromatic heterocycles. The molecule has 1 N–H and O–H groups in total. The first-order chi connectivity index (χ1) is 14.5. The van der Waals surface area contributed by atoms with E-state index in [0.29, 0.717) is 10.9 Å². The number of anilines is 1. The summed E-state index contributed by atoms with van der Waals surface area (Å²) in [6.07, 6.45) is 8.02. The molecule has 2 aliphatic carbocycles. The van der Waals surface area contributed by atoms with Gasteiger partial charge in [-0.3, -0.25) is 9.78 Å². The highest BCUT2D eigenvalue weighted by Gasteiger charge is 2.51. The second kappa shape index (κ2) is 7.66. The van der Waals surface area contributed by atoms with Crippen LogP contribution in [0.2, 0.25) is 5.02 Å². The van der Waals surface area contributed by atoms with Crippen molar-refractivity contribution in [2.45, 2.75) is 44.4 Å². The highest BCUT2D eigenvalue weighted by Crippen LogP contribution is 2.58. The van der Waals surface area contributed by atoms with E-state index < -0.39 is 0 Å². The zero-order valence-corrected chi connectivity index (χ0v) is 17.5. The third-order valence-corrected chi connectivity index (χ3v) is 7.51. The van der Waals surface area contributed by atoms with Gasteiger partial charge in [0.2, 0.25) is 5.91 Å². The summed E-state index contributed by atoms with van der Waals surface area (Å²) in [5.74, 6) is 0.365.